The van der Waals surface area contributed by atoms with Gasteiger partial charge in [-0.2, -0.15) is 23.5 Å². The van der Waals surface area contributed by atoms with Gasteiger partial charge in [-0.25, -0.2) is 0 Å². The lowest BCUT2D eigenvalue weighted by Gasteiger charge is -2.46. The zero-order valence-corrected chi connectivity index (χ0v) is 16.3. The topological polar surface area (TPSA) is 96.8 Å². The van der Waals surface area contributed by atoms with Gasteiger partial charge in [0.1, 0.15) is 0 Å². The van der Waals surface area contributed by atoms with Crippen LogP contribution in [0.2, 0.25) is 0 Å². The van der Waals surface area contributed by atoms with E-state index in [0.29, 0.717) is 16.9 Å². The number of halogens is 3. The smallest absolute Gasteiger partial charge is 0.359 e. The number of aromatic amines is 1. The number of carbonyl (C=O) groups is 1. The van der Waals surface area contributed by atoms with Crippen molar-refractivity contribution in [1.29, 1.82) is 5.26 Å². The molecule has 1 aromatic heterocycles. The van der Waals surface area contributed by atoms with Gasteiger partial charge in [0.2, 0.25) is 5.91 Å². The highest BCUT2D eigenvalue weighted by Gasteiger charge is 2.35. The van der Waals surface area contributed by atoms with Crippen molar-refractivity contribution < 1.29 is 18.0 Å². The van der Waals surface area contributed by atoms with Crippen LogP contribution < -0.4 is 10.6 Å². The van der Waals surface area contributed by atoms with Crippen LogP contribution in [0.15, 0.2) is 18.2 Å². The maximum absolute atomic E-state index is 12.9. The molecule has 1 aromatic carbocycles. The maximum Gasteiger partial charge on any atom is 0.416 e. The molecule has 4 rings (SSSR count). The zero-order chi connectivity index (χ0) is 21.3. The van der Waals surface area contributed by atoms with Crippen molar-refractivity contribution in [1.82, 2.24) is 20.4 Å². The number of amides is 1. The number of fused-ring (bicyclic) bond motifs is 1. The second-order valence-electron chi connectivity index (χ2n) is 8.04. The summed E-state index contributed by atoms with van der Waals surface area (Å²) in [5, 5.41) is 21.7. The van der Waals surface area contributed by atoms with E-state index in [0.717, 1.165) is 50.9 Å². The molecule has 1 amide bonds. The SMILES string of the molecule is N#C[C@H]1CC[C@@H](N2CC(NC(=O)CNc3n[nH]c4ccc(C(F)(F)F)cc34)C2)CC1. The van der Waals surface area contributed by atoms with Crippen molar-refractivity contribution in [3.8, 4) is 6.07 Å². The first-order valence-corrected chi connectivity index (χ1v) is 10.1. The van der Waals surface area contributed by atoms with Crippen molar-refractivity contribution in [3.05, 3.63) is 23.8 Å². The Labute approximate surface area is 171 Å². The maximum atomic E-state index is 12.9. The molecule has 0 bridgehead atoms. The number of anilines is 1. The van der Waals surface area contributed by atoms with Crippen LogP contribution >= 0.6 is 0 Å². The average molecular weight is 420 g/mol. The molecular weight excluding hydrogens is 397 g/mol. The Balaban J connectivity index is 1.25. The molecule has 2 aromatic rings. The summed E-state index contributed by atoms with van der Waals surface area (Å²) < 4.78 is 38.8. The number of nitrogens with zero attached hydrogens (tertiary/aromatic N) is 3. The van der Waals surface area contributed by atoms with Crippen LogP contribution in [0.5, 0.6) is 0 Å². The number of nitriles is 1. The van der Waals surface area contributed by atoms with E-state index in [-0.39, 0.29) is 30.2 Å². The largest absolute Gasteiger partial charge is 0.416 e. The van der Waals surface area contributed by atoms with E-state index in [4.69, 9.17) is 5.26 Å². The lowest BCUT2D eigenvalue weighted by molar-refractivity contribution is -0.137. The molecular formula is C20H23F3N6O. The predicted octanol–water partition coefficient (Wildman–Crippen LogP) is 2.88. The summed E-state index contributed by atoms with van der Waals surface area (Å²) in [6.07, 6.45) is -0.526. The van der Waals surface area contributed by atoms with Crippen LogP contribution in [-0.4, -0.2) is 52.7 Å². The standard InChI is InChI=1S/C20H23F3N6O/c21-20(22,23)13-3-6-17-16(7-13)19(28-27-17)25-9-18(30)26-14-10-29(11-14)15-4-1-12(8-24)2-5-15/h3,6-7,12,14-15H,1-2,4-5,9-11H2,(H,26,30)(H2,25,27,28)/t12-,15+. The number of aromatic nitrogens is 2. The van der Waals surface area contributed by atoms with Gasteiger partial charge in [-0.3, -0.25) is 14.8 Å². The summed E-state index contributed by atoms with van der Waals surface area (Å²) in [6.45, 7) is 1.50. The molecule has 3 N–H and O–H groups in total. The zero-order valence-electron chi connectivity index (χ0n) is 16.3. The third kappa shape index (κ3) is 4.36. The first kappa shape index (κ1) is 20.5. The number of H-pyrrole nitrogens is 1. The van der Waals surface area contributed by atoms with Crippen LogP contribution in [0.4, 0.5) is 19.0 Å². The monoisotopic (exact) mass is 420 g/mol. The van der Waals surface area contributed by atoms with Crippen LogP contribution in [0, 0.1) is 17.2 Å². The fourth-order valence-electron chi connectivity index (χ4n) is 4.24. The highest BCUT2D eigenvalue weighted by molar-refractivity contribution is 5.92. The Morgan fingerprint density at radius 3 is 2.67 bits per heavy atom. The Morgan fingerprint density at radius 1 is 1.27 bits per heavy atom. The molecule has 2 aliphatic rings. The molecule has 1 aliphatic carbocycles. The van der Waals surface area contributed by atoms with Gasteiger partial charge in [0.25, 0.3) is 0 Å². The molecule has 0 spiro atoms. The minimum Gasteiger partial charge on any atom is -0.359 e. The van der Waals surface area contributed by atoms with E-state index in [1.54, 1.807) is 0 Å². The molecule has 0 unspecified atom stereocenters. The third-order valence-corrected chi connectivity index (χ3v) is 5.98. The number of hydrogen-bond donors (Lipinski definition) is 3. The molecule has 1 saturated carbocycles. The van der Waals surface area contributed by atoms with Gasteiger partial charge in [0.05, 0.1) is 29.7 Å². The van der Waals surface area contributed by atoms with Crippen LogP contribution in [-0.2, 0) is 11.0 Å². The molecule has 2 heterocycles. The predicted molar refractivity (Wildman–Crippen MR) is 104 cm³/mol. The fraction of sp³-hybridized carbons (Fsp3) is 0.550. The second-order valence-corrected chi connectivity index (χ2v) is 8.04. The van der Waals surface area contributed by atoms with Gasteiger partial charge in [-0.05, 0) is 43.9 Å². The van der Waals surface area contributed by atoms with Gasteiger partial charge in [-0.15, -0.1) is 0 Å². The molecule has 30 heavy (non-hydrogen) atoms. The van der Waals surface area contributed by atoms with Gasteiger partial charge >= 0.3 is 6.18 Å². The van der Waals surface area contributed by atoms with Crippen molar-refractivity contribution in [2.45, 2.75) is 43.9 Å². The van der Waals surface area contributed by atoms with Crippen LogP contribution in [0.3, 0.4) is 0 Å². The Hall–Kier alpha value is -2.80. The molecule has 10 heteroatoms. The Morgan fingerprint density at radius 2 is 2.00 bits per heavy atom. The van der Waals surface area contributed by atoms with E-state index in [9.17, 15) is 18.0 Å². The molecule has 0 radical (unpaired) electrons. The molecule has 7 nitrogen and oxygen atoms in total. The number of nitrogens with one attached hydrogen (secondary N) is 3. The number of rotatable bonds is 5. The van der Waals surface area contributed by atoms with Gasteiger partial charge < -0.3 is 10.6 Å². The highest BCUT2D eigenvalue weighted by Crippen LogP contribution is 2.33. The van der Waals surface area contributed by atoms with Crippen LogP contribution in [0.1, 0.15) is 31.2 Å². The number of carbonyl (C=O) groups excluding carboxylic acids is 1. The molecule has 160 valence electrons. The van der Waals surface area contributed by atoms with E-state index in [1.165, 1.54) is 6.07 Å². The summed E-state index contributed by atoms with van der Waals surface area (Å²) in [4.78, 5) is 14.6. The third-order valence-electron chi connectivity index (χ3n) is 5.98. The van der Waals surface area contributed by atoms with Crippen molar-refractivity contribution >= 4 is 22.6 Å². The lowest BCUT2D eigenvalue weighted by Crippen LogP contribution is -2.63. The van der Waals surface area contributed by atoms with Gasteiger partial charge in [0.15, 0.2) is 5.82 Å². The fourth-order valence-corrected chi connectivity index (χ4v) is 4.24. The van der Waals surface area contributed by atoms with Gasteiger partial charge in [0, 0.05) is 30.4 Å². The minimum absolute atomic E-state index is 0.0695. The number of alkyl halides is 3. The van der Waals surface area contributed by atoms with Crippen molar-refractivity contribution in [2.24, 2.45) is 5.92 Å². The highest BCUT2D eigenvalue weighted by atomic mass is 19.4. The minimum atomic E-state index is -4.44. The first-order valence-electron chi connectivity index (χ1n) is 10.1. The summed E-state index contributed by atoms with van der Waals surface area (Å²) in [5.74, 6) is 0.168. The summed E-state index contributed by atoms with van der Waals surface area (Å²) in [5.41, 5.74) is -0.297. The Kier molecular flexibility index (Phi) is 5.56. The molecule has 1 aliphatic heterocycles. The Bertz CT molecular complexity index is 952. The van der Waals surface area contributed by atoms with Crippen LogP contribution in [0.25, 0.3) is 10.9 Å². The first-order chi connectivity index (χ1) is 14.3. The lowest BCUT2D eigenvalue weighted by atomic mass is 9.85. The van der Waals surface area contributed by atoms with Gasteiger partial charge in [-0.1, -0.05) is 0 Å². The number of likely N-dealkylation sites (tertiary alicyclic amines) is 1. The normalized spacial score (nSPS) is 23.0. The molecule has 0 atom stereocenters. The summed E-state index contributed by atoms with van der Waals surface area (Å²) >= 11 is 0. The number of hydrogen-bond acceptors (Lipinski definition) is 5. The molecule has 1 saturated heterocycles. The van der Waals surface area contributed by atoms with E-state index >= 15 is 0 Å². The van der Waals surface area contributed by atoms with Crippen molar-refractivity contribution in [3.63, 3.8) is 0 Å². The van der Waals surface area contributed by atoms with Crippen molar-refractivity contribution in [2.75, 3.05) is 25.0 Å². The van der Waals surface area contributed by atoms with E-state index in [1.807, 2.05) is 0 Å². The quantitative estimate of drug-likeness (QED) is 0.691. The van der Waals surface area contributed by atoms with E-state index in [2.05, 4.69) is 31.8 Å². The second kappa shape index (κ2) is 8.14. The average Bonchev–Trinajstić information content (AvgIpc) is 3.10. The summed E-state index contributed by atoms with van der Waals surface area (Å²) in [6, 6.07) is 6.22. The molecule has 2 fully saturated rings. The summed E-state index contributed by atoms with van der Waals surface area (Å²) in [7, 11) is 0. The number of benzene rings is 1. The van der Waals surface area contributed by atoms with E-state index < -0.39 is 11.7 Å².